The van der Waals surface area contributed by atoms with Crippen molar-refractivity contribution in [1.82, 2.24) is 0 Å². The van der Waals surface area contributed by atoms with Crippen molar-refractivity contribution < 1.29 is 4.79 Å². The first kappa shape index (κ1) is 7.77. The molecule has 0 aromatic rings. The van der Waals surface area contributed by atoms with E-state index in [0.29, 0.717) is 0 Å². The van der Waals surface area contributed by atoms with Gasteiger partial charge >= 0.3 is 58.8 Å². The minimum atomic E-state index is -0.304. The summed E-state index contributed by atoms with van der Waals surface area (Å²) >= 11 is 3.25. The summed E-state index contributed by atoms with van der Waals surface area (Å²) in [6.07, 6.45) is 1.28. The first-order valence-electron chi connectivity index (χ1n) is 1.71. The Morgan fingerprint density at radius 2 is 2.50 bits per heavy atom. The van der Waals surface area contributed by atoms with E-state index in [2.05, 4.69) is 12.6 Å². The Labute approximate surface area is 59.1 Å². The molecule has 0 aromatic heterocycles. The molecule has 0 saturated heterocycles. The molecule has 0 radical (unpaired) electrons. The summed E-state index contributed by atoms with van der Waals surface area (Å²) in [5.74, 6) is 0. The van der Waals surface area contributed by atoms with Crippen molar-refractivity contribution >= 4 is 32.7 Å². The summed E-state index contributed by atoms with van der Waals surface area (Å²) in [5.41, 5.74) is 0. The average Bonchev–Trinajstić information content (AvgIpc) is 1.66. The molecule has 0 aromatic carbocycles. The summed E-state index contributed by atoms with van der Waals surface area (Å²) in [6, 6.07) is 0. The van der Waals surface area contributed by atoms with Crippen molar-refractivity contribution in [1.29, 1.82) is 5.26 Å². The summed E-state index contributed by atoms with van der Waals surface area (Å²) in [5, 5.41) is 7.67. The fraction of sp³-hybridized carbons (Fsp3) is 0. The first-order valence-corrected chi connectivity index (χ1v) is 4.01. The molecule has 0 fully saturated rings. The maximum absolute atomic E-state index is 10.00. The van der Waals surface area contributed by atoms with Crippen molar-refractivity contribution in [3.8, 4) is 4.97 Å². The van der Waals surface area contributed by atoms with Gasteiger partial charge in [-0.1, -0.05) is 0 Å². The third-order valence-corrected chi connectivity index (χ3v) is 1.27. The molecule has 0 spiro atoms. The zero-order chi connectivity index (χ0) is 6.41. The zero-order valence-corrected chi connectivity index (χ0v) is 6.47. The van der Waals surface area contributed by atoms with Crippen LogP contribution in [-0.2, 0) is 4.79 Å². The van der Waals surface area contributed by atoms with E-state index in [-0.39, 0.29) is 20.1 Å². The predicted octanol–water partition coefficient (Wildman–Crippen LogP) is 0.142. The van der Waals surface area contributed by atoms with Crippen LogP contribution in [-0.4, -0.2) is 20.1 Å². The Kier molecular flexibility index (Phi) is 4.78. The molecule has 0 aliphatic rings. The van der Waals surface area contributed by atoms with E-state index in [9.17, 15) is 4.79 Å². The second kappa shape index (κ2) is 4.92. The van der Waals surface area contributed by atoms with Gasteiger partial charge in [0.2, 0.25) is 0 Å². The van der Waals surface area contributed by atoms with Crippen LogP contribution in [0.5, 0.6) is 0 Å². The van der Waals surface area contributed by atoms with E-state index < -0.39 is 0 Å². The molecule has 0 unspecified atom stereocenters. The number of hydrogen-bond donors (Lipinski definition) is 1. The molecule has 0 aliphatic heterocycles. The standard InChI is InChI=1S/C4H3NOSSe/c5-3-8-2-1-4(6)7/h1-2H,(H,6,7)/b2-1-. The zero-order valence-electron chi connectivity index (χ0n) is 3.87. The van der Waals surface area contributed by atoms with Crippen LogP contribution < -0.4 is 0 Å². The average molecular weight is 192 g/mol. The van der Waals surface area contributed by atoms with Crippen LogP contribution in [0.25, 0.3) is 0 Å². The molecule has 0 atom stereocenters. The number of rotatable bonds is 2. The molecule has 0 amide bonds. The number of hydrogen-bond acceptors (Lipinski definition) is 2. The van der Waals surface area contributed by atoms with Crippen molar-refractivity contribution in [3.05, 3.63) is 11.1 Å². The van der Waals surface area contributed by atoms with E-state index in [0.717, 1.165) is 0 Å². The van der Waals surface area contributed by atoms with Crippen LogP contribution in [0.3, 0.4) is 0 Å². The number of carbonyl (C=O) groups is 1. The van der Waals surface area contributed by atoms with Gasteiger partial charge in [-0.05, 0) is 0 Å². The Morgan fingerprint density at radius 3 is 2.88 bits per heavy atom. The molecule has 8 heavy (non-hydrogen) atoms. The minimum absolute atomic E-state index is 0.196. The van der Waals surface area contributed by atoms with Crippen LogP contribution in [0.15, 0.2) is 11.1 Å². The summed E-state index contributed by atoms with van der Waals surface area (Å²) in [7, 11) is 0. The van der Waals surface area contributed by atoms with E-state index in [1.54, 1.807) is 0 Å². The third kappa shape index (κ3) is 5.77. The number of carbonyl (C=O) groups excluding carboxylic acids is 1. The van der Waals surface area contributed by atoms with Crippen molar-refractivity contribution in [2.45, 2.75) is 0 Å². The Balaban J connectivity index is 3.38. The van der Waals surface area contributed by atoms with Crippen molar-refractivity contribution in [2.75, 3.05) is 0 Å². The van der Waals surface area contributed by atoms with Gasteiger partial charge in [-0.15, -0.1) is 0 Å². The summed E-state index contributed by atoms with van der Waals surface area (Å²) in [4.78, 5) is 13.4. The first-order chi connectivity index (χ1) is 3.77. The molecule has 0 aliphatic carbocycles. The molecule has 0 bridgehead atoms. The molecule has 0 N–H and O–H groups in total. The maximum atomic E-state index is 10.00. The van der Waals surface area contributed by atoms with Gasteiger partial charge in [0.25, 0.3) is 0 Å². The van der Waals surface area contributed by atoms with E-state index in [4.69, 9.17) is 5.26 Å². The Bertz CT molecular complexity index is 149. The molecular formula is C4H3NOSSe. The van der Waals surface area contributed by atoms with Gasteiger partial charge in [0.1, 0.15) is 0 Å². The molecule has 0 heterocycles. The third-order valence-electron chi connectivity index (χ3n) is 0.331. The van der Waals surface area contributed by atoms with Crippen LogP contribution in [0, 0.1) is 10.2 Å². The van der Waals surface area contributed by atoms with E-state index in [1.807, 2.05) is 4.97 Å². The second-order valence-corrected chi connectivity index (χ2v) is 2.74. The monoisotopic (exact) mass is 193 g/mol. The molecule has 4 heteroatoms. The normalized spacial score (nSPS) is 9.00. The van der Waals surface area contributed by atoms with Crippen LogP contribution >= 0.6 is 12.6 Å². The molecular weight excluding hydrogens is 189 g/mol. The van der Waals surface area contributed by atoms with Crippen LogP contribution in [0.1, 0.15) is 0 Å². The summed E-state index contributed by atoms with van der Waals surface area (Å²) < 4.78 is 0. The van der Waals surface area contributed by atoms with Crippen LogP contribution in [0.2, 0.25) is 0 Å². The van der Waals surface area contributed by atoms with Gasteiger partial charge in [0, 0.05) is 0 Å². The van der Waals surface area contributed by atoms with Gasteiger partial charge in [-0.2, -0.15) is 0 Å². The molecule has 0 rings (SSSR count). The summed E-state index contributed by atoms with van der Waals surface area (Å²) in [6.45, 7) is 0. The predicted molar refractivity (Wildman–Crippen MR) is 34.5 cm³/mol. The van der Waals surface area contributed by atoms with E-state index >= 15 is 0 Å². The van der Waals surface area contributed by atoms with Gasteiger partial charge < -0.3 is 0 Å². The molecule has 0 saturated carbocycles. The van der Waals surface area contributed by atoms with E-state index in [1.165, 1.54) is 11.1 Å². The second-order valence-electron chi connectivity index (χ2n) is 0.850. The van der Waals surface area contributed by atoms with Gasteiger partial charge in [0.15, 0.2) is 0 Å². The number of nitrogens with zero attached hydrogens (tertiary/aromatic N) is 1. The fourth-order valence-corrected chi connectivity index (χ4v) is 0.954. The van der Waals surface area contributed by atoms with Gasteiger partial charge in [0.05, 0.1) is 0 Å². The number of thiol groups is 1. The van der Waals surface area contributed by atoms with Gasteiger partial charge in [-0.25, -0.2) is 0 Å². The topological polar surface area (TPSA) is 40.9 Å². The SMILES string of the molecule is N#C[Se]/C=C\C(=O)S. The Hall–Kier alpha value is -0.231. The quantitative estimate of drug-likeness (QED) is 0.384. The van der Waals surface area contributed by atoms with Crippen molar-refractivity contribution in [3.63, 3.8) is 0 Å². The van der Waals surface area contributed by atoms with Crippen LogP contribution in [0.4, 0.5) is 0 Å². The molecule has 42 valence electrons. The number of nitriles is 1. The Morgan fingerprint density at radius 1 is 1.88 bits per heavy atom. The molecule has 2 nitrogen and oxygen atoms in total. The van der Waals surface area contributed by atoms with Gasteiger partial charge in [-0.3, -0.25) is 0 Å². The van der Waals surface area contributed by atoms with Crippen molar-refractivity contribution in [2.24, 2.45) is 0 Å². The fourth-order valence-electron chi connectivity index (χ4n) is 0.123.